The molecule has 1 nitrogen and oxygen atoms in total. The van der Waals surface area contributed by atoms with Gasteiger partial charge in [-0.25, -0.2) is 4.39 Å². The average molecular weight is 298 g/mol. The van der Waals surface area contributed by atoms with E-state index < -0.39 is 0 Å². The lowest BCUT2D eigenvalue weighted by molar-refractivity contribution is 0.613. The summed E-state index contributed by atoms with van der Waals surface area (Å²) in [7, 11) is 0. The van der Waals surface area contributed by atoms with Crippen molar-refractivity contribution in [3.8, 4) is 0 Å². The molecule has 19 heavy (non-hydrogen) atoms. The van der Waals surface area contributed by atoms with Crippen LogP contribution in [0.4, 0.5) is 10.1 Å². The fourth-order valence-electron chi connectivity index (χ4n) is 2.02. The largest absolute Gasteiger partial charge is 0.379 e. The SMILES string of the molecule is Cc1cc(C)c(NCc2c(F)cccc2Cl)c(Cl)c1. The fourth-order valence-corrected chi connectivity index (χ4v) is 2.64. The monoisotopic (exact) mass is 297 g/mol. The van der Waals surface area contributed by atoms with E-state index in [9.17, 15) is 4.39 Å². The second-order valence-corrected chi connectivity index (χ2v) is 5.31. The smallest absolute Gasteiger partial charge is 0.129 e. The van der Waals surface area contributed by atoms with E-state index in [-0.39, 0.29) is 5.82 Å². The van der Waals surface area contributed by atoms with Gasteiger partial charge >= 0.3 is 0 Å². The standard InChI is InChI=1S/C15H14Cl2FN/c1-9-6-10(2)15(13(17)7-9)19-8-11-12(16)4-3-5-14(11)18/h3-7,19H,8H2,1-2H3. The summed E-state index contributed by atoms with van der Waals surface area (Å²) in [4.78, 5) is 0. The molecule has 0 atom stereocenters. The summed E-state index contributed by atoms with van der Waals surface area (Å²) < 4.78 is 13.7. The zero-order chi connectivity index (χ0) is 14.0. The lowest BCUT2D eigenvalue weighted by atomic mass is 10.1. The predicted molar refractivity (Wildman–Crippen MR) is 79.7 cm³/mol. The number of hydrogen-bond acceptors (Lipinski definition) is 1. The van der Waals surface area contributed by atoms with Crippen molar-refractivity contribution in [2.45, 2.75) is 20.4 Å². The van der Waals surface area contributed by atoms with E-state index in [0.29, 0.717) is 22.2 Å². The van der Waals surface area contributed by atoms with Crippen LogP contribution in [0.3, 0.4) is 0 Å². The number of hydrogen-bond donors (Lipinski definition) is 1. The van der Waals surface area contributed by atoms with Gasteiger partial charge in [0, 0.05) is 17.1 Å². The molecule has 0 bridgehead atoms. The van der Waals surface area contributed by atoms with Gasteiger partial charge in [0.1, 0.15) is 5.82 Å². The lowest BCUT2D eigenvalue weighted by Gasteiger charge is -2.13. The number of rotatable bonds is 3. The first-order chi connectivity index (χ1) is 8.99. The molecular formula is C15H14Cl2FN. The molecule has 0 radical (unpaired) electrons. The number of halogens is 3. The summed E-state index contributed by atoms with van der Waals surface area (Å²) in [6.45, 7) is 4.25. The topological polar surface area (TPSA) is 12.0 Å². The van der Waals surface area contributed by atoms with E-state index in [1.807, 2.05) is 26.0 Å². The maximum atomic E-state index is 13.7. The molecule has 2 aromatic carbocycles. The van der Waals surface area contributed by atoms with Crippen LogP contribution in [0.25, 0.3) is 0 Å². The Bertz CT molecular complexity index is 568. The van der Waals surface area contributed by atoms with E-state index in [1.165, 1.54) is 6.07 Å². The van der Waals surface area contributed by atoms with Gasteiger partial charge in [-0.2, -0.15) is 0 Å². The summed E-state index contributed by atoms with van der Waals surface area (Å²) in [5, 5.41) is 4.19. The Morgan fingerprint density at radius 3 is 2.47 bits per heavy atom. The molecule has 0 aliphatic heterocycles. The third-order valence-corrected chi connectivity index (χ3v) is 3.59. The van der Waals surface area contributed by atoms with Crippen molar-refractivity contribution in [2.75, 3.05) is 5.32 Å². The molecule has 0 saturated heterocycles. The Balaban J connectivity index is 2.24. The molecule has 0 amide bonds. The van der Waals surface area contributed by atoms with Crippen molar-refractivity contribution in [3.63, 3.8) is 0 Å². The van der Waals surface area contributed by atoms with Crippen LogP contribution < -0.4 is 5.32 Å². The Morgan fingerprint density at radius 1 is 1.11 bits per heavy atom. The molecule has 0 spiro atoms. The highest BCUT2D eigenvalue weighted by molar-refractivity contribution is 6.33. The number of nitrogens with one attached hydrogen (secondary N) is 1. The predicted octanol–water partition coefficient (Wildman–Crippen LogP) is 5.36. The Labute approximate surface area is 122 Å². The summed E-state index contributed by atoms with van der Waals surface area (Å²) in [6, 6.07) is 8.56. The Morgan fingerprint density at radius 2 is 1.84 bits per heavy atom. The molecule has 100 valence electrons. The van der Waals surface area contributed by atoms with Crippen molar-refractivity contribution in [1.29, 1.82) is 0 Å². The Hall–Kier alpha value is -1.25. The fraction of sp³-hybridized carbons (Fsp3) is 0.200. The van der Waals surface area contributed by atoms with Crippen LogP contribution in [0.15, 0.2) is 30.3 Å². The van der Waals surface area contributed by atoms with E-state index in [4.69, 9.17) is 23.2 Å². The van der Waals surface area contributed by atoms with E-state index in [1.54, 1.807) is 12.1 Å². The van der Waals surface area contributed by atoms with Gasteiger partial charge in [-0.15, -0.1) is 0 Å². The van der Waals surface area contributed by atoms with Crippen molar-refractivity contribution in [1.82, 2.24) is 0 Å². The molecule has 2 rings (SSSR count). The van der Waals surface area contributed by atoms with Crippen LogP contribution in [-0.4, -0.2) is 0 Å². The highest BCUT2D eigenvalue weighted by Gasteiger charge is 2.09. The molecule has 0 aliphatic rings. The second kappa shape index (κ2) is 5.81. The third kappa shape index (κ3) is 3.20. The molecule has 0 saturated carbocycles. The van der Waals surface area contributed by atoms with Gasteiger partial charge < -0.3 is 5.32 Å². The van der Waals surface area contributed by atoms with Gasteiger partial charge in [0.2, 0.25) is 0 Å². The highest BCUT2D eigenvalue weighted by Crippen LogP contribution is 2.29. The quantitative estimate of drug-likeness (QED) is 0.804. The normalized spacial score (nSPS) is 10.6. The molecule has 0 fully saturated rings. The molecule has 0 aromatic heterocycles. The molecule has 0 unspecified atom stereocenters. The lowest BCUT2D eigenvalue weighted by Crippen LogP contribution is -2.04. The summed E-state index contributed by atoms with van der Waals surface area (Å²) >= 11 is 12.2. The molecule has 1 N–H and O–H groups in total. The van der Waals surface area contributed by atoms with Gasteiger partial charge in [-0.1, -0.05) is 35.3 Å². The van der Waals surface area contributed by atoms with Crippen molar-refractivity contribution >= 4 is 28.9 Å². The van der Waals surface area contributed by atoms with Crippen molar-refractivity contribution in [3.05, 3.63) is 62.9 Å². The van der Waals surface area contributed by atoms with Crippen LogP contribution in [0, 0.1) is 19.7 Å². The Kier molecular flexibility index (Phi) is 4.33. The summed E-state index contributed by atoms with van der Waals surface area (Å²) in [5.41, 5.74) is 3.38. The first-order valence-electron chi connectivity index (χ1n) is 5.92. The van der Waals surface area contributed by atoms with Gasteiger partial charge in [-0.05, 0) is 43.2 Å². The first-order valence-corrected chi connectivity index (χ1v) is 6.68. The van der Waals surface area contributed by atoms with Gasteiger partial charge in [0.15, 0.2) is 0 Å². The van der Waals surface area contributed by atoms with E-state index in [0.717, 1.165) is 16.8 Å². The minimum absolute atomic E-state index is 0.301. The van der Waals surface area contributed by atoms with Crippen LogP contribution in [0.5, 0.6) is 0 Å². The van der Waals surface area contributed by atoms with Gasteiger partial charge in [0.05, 0.1) is 10.7 Å². The average Bonchev–Trinajstić information content (AvgIpc) is 2.31. The number of anilines is 1. The van der Waals surface area contributed by atoms with Crippen molar-refractivity contribution in [2.24, 2.45) is 0 Å². The van der Waals surface area contributed by atoms with Crippen LogP contribution in [-0.2, 0) is 6.54 Å². The second-order valence-electron chi connectivity index (χ2n) is 4.49. The zero-order valence-electron chi connectivity index (χ0n) is 10.7. The number of benzene rings is 2. The number of aryl methyl sites for hydroxylation is 2. The molecule has 4 heteroatoms. The first kappa shape index (κ1) is 14.2. The minimum atomic E-state index is -0.319. The highest BCUT2D eigenvalue weighted by atomic mass is 35.5. The molecular weight excluding hydrogens is 284 g/mol. The van der Waals surface area contributed by atoms with Crippen LogP contribution in [0.1, 0.15) is 16.7 Å². The maximum Gasteiger partial charge on any atom is 0.129 e. The summed E-state index contributed by atoms with van der Waals surface area (Å²) in [5.74, 6) is -0.319. The molecule has 0 heterocycles. The molecule has 2 aromatic rings. The third-order valence-electron chi connectivity index (χ3n) is 2.94. The minimum Gasteiger partial charge on any atom is -0.379 e. The van der Waals surface area contributed by atoms with Crippen LogP contribution >= 0.6 is 23.2 Å². The van der Waals surface area contributed by atoms with Gasteiger partial charge in [-0.3, -0.25) is 0 Å². The summed E-state index contributed by atoms with van der Waals surface area (Å²) in [6.07, 6.45) is 0. The van der Waals surface area contributed by atoms with E-state index in [2.05, 4.69) is 5.32 Å². The molecule has 0 aliphatic carbocycles. The van der Waals surface area contributed by atoms with Crippen LogP contribution in [0.2, 0.25) is 10.0 Å². The van der Waals surface area contributed by atoms with Crippen molar-refractivity contribution < 1.29 is 4.39 Å². The van der Waals surface area contributed by atoms with Gasteiger partial charge in [0.25, 0.3) is 0 Å². The van der Waals surface area contributed by atoms with E-state index >= 15 is 0 Å². The maximum absolute atomic E-state index is 13.7. The zero-order valence-corrected chi connectivity index (χ0v) is 12.2.